The number of nitrogen functional groups attached to an aromatic ring is 1. The largest absolute Gasteiger partial charge is 0.399 e. The summed E-state index contributed by atoms with van der Waals surface area (Å²) in [5.41, 5.74) is 6.89. The molecule has 3 N–H and O–H groups in total. The van der Waals surface area contributed by atoms with E-state index in [9.17, 15) is 4.79 Å². The van der Waals surface area contributed by atoms with Gasteiger partial charge in [0.1, 0.15) is 6.10 Å². The number of hydrogen-bond donors (Lipinski definition) is 2. The summed E-state index contributed by atoms with van der Waals surface area (Å²) in [7, 11) is 1.49. The van der Waals surface area contributed by atoms with Crippen molar-refractivity contribution in [1.82, 2.24) is 0 Å². The summed E-state index contributed by atoms with van der Waals surface area (Å²) in [6.45, 7) is 1.69. The molecule has 0 aliphatic heterocycles. The van der Waals surface area contributed by atoms with Crippen LogP contribution in [0, 0.1) is 0 Å². The standard InChI is InChI=1S/C10H14N2O2/c1-7(14-2)10(13)12-9-5-3-8(11)4-6-9/h3-7H,11H2,1-2H3,(H,12,13)/t7-/m0/s1. The van der Waals surface area contributed by atoms with Gasteiger partial charge in [0.2, 0.25) is 0 Å². The predicted octanol–water partition coefficient (Wildman–Crippen LogP) is 1.24. The number of nitrogens with one attached hydrogen (secondary N) is 1. The Morgan fingerprint density at radius 2 is 2.00 bits per heavy atom. The zero-order valence-corrected chi connectivity index (χ0v) is 8.28. The van der Waals surface area contributed by atoms with Gasteiger partial charge in [-0.3, -0.25) is 4.79 Å². The van der Waals surface area contributed by atoms with Crippen LogP contribution >= 0.6 is 0 Å². The Balaban J connectivity index is 2.60. The number of hydrogen-bond acceptors (Lipinski definition) is 3. The Hall–Kier alpha value is -1.55. The topological polar surface area (TPSA) is 64.3 Å². The minimum atomic E-state index is -0.451. The maximum Gasteiger partial charge on any atom is 0.253 e. The van der Waals surface area contributed by atoms with E-state index < -0.39 is 6.10 Å². The van der Waals surface area contributed by atoms with Crippen molar-refractivity contribution >= 4 is 17.3 Å². The Bertz CT molecular complexity index is 308. The van der Waals surface area contributed by atoms with Crippen LogP contribution in [0.1, 0.15) is 6.92 Å². The molecule has 0 saturated carbocycles. The fraction of sp³-hybridized carbons (Fsp3) is 0.300. The molecule has 1 aromatic carbocycles. The lowest BCUT2D eigenvalue weighted by molar-refractivity contribution is -0.124. The number of nitrogens with two attached hydrogens (primary N) is 1. The summed E-state index contributed by atoms with van der Waals surface area (Å²) < 4.78 is 4.87. The van der Waals surface area contributed by atoms with Gasteiger partial charge in [0.25, 0.3) is 5.91 Å². The van der Waals surface area contributed by atoms with Gasteiger partial charge < -0.3 is 15.8 Å². The lowest BCUT2D eigenvalue weighted by Crippen LogP contribution is -2.26. The lowest BCUT2D eigenvalue weighted by atomic mass is 10.2. The molecule has 0 fully saturated rings. The highest BCUT2D eigenvalue weighted by molar-refractivity contribution is 5.93. The lowest BCUT2D eigenvalue weighted by Gasteiger charge is -2.10. The second kappa shape index (κ2) is 4.62. The van der Waals surface area contributed by atoms with Crippen LogP contribution in [0.3, 0.4) is 0 Å². The monoisotopic (exact) mass is 194 g/mol. The third-order valence-electron chi connectivity index (χ3n) is 1.90. The number of ether oxygens (including phenoxy) is 1. The van der Waals surface area contributed by atoms with Gasteiger partial charge in [-0.15, -0.1) is 0 Å². The summed E-state index contributed by atoms with van der Waals surface area (Å²) in [5, 5.41) is 2.70. The van der Waals surface area contributed by atoms with Gasteiger partial charge in [-0.25, -0.2) is 0 Å². The first-order valence-corrected chi connectivity index (χ1v) is 4.32. The Labute approximate surface area is 83.1 Å². The van der Waals surface area contributed by atoms with Crippen molar-refractivity contribution in [3.8, 4) is 0 Å². The highest BCUT2D eigenvalue weighted by atomic mass is 16.5. The van der Waals surface area contributed by atoms with E-state index in [0.717, 1.165) is 0 Å². The molecule has 0 spiro atoms. The summed E-state index contributed by atoms with van der Waals surface area (Å²) in [5.74, 6) is -0.169. The molecular weight excluding hydrogens is 180 g/mol. The molecule has 0 aromatic heterocycles. The third kappa shape index (κ3) is 2.74. The van der Waals surface area contributed by atoms with Crippen LogP contribution in [0.4, 0.5) is 11.4 Å². The van der Waals surface area contributed by atoms with E-state index in [2.05, 4.69) is 5.32 Å². The minimum Gasteiger partial charge on any atom is -0.399 e. The number of amides is 1. The van der Waals surface area contributed by atoms with Gasteiger partial charge in [-0.2, -0.15) is 0 Å². The van der Waals surface area contributed by atoms with Crippen LogP contribution in [0.2, 0.25) is 0 Å². The van der Waals surface area contributed by atoms with Gasteiger partial charge in [0.05, 0.1) is 0 Å². The Kier molecular flexibility index (Phi) is 3.48. The fourth-order valence-corrected chi connectivity index (χ4v) is 0.917. The van der Waals surface area contributed by atoms with E-state index in [4.69, 9.17) is 10.5 Å². The number of methoxy groups -OCH3 is 1. The highest BCUT2D eigenvalue weighted by Crippen LogP contribution is 2.10. The van der Waals surface area contributed by atoms with E-state index in [1.54, 1.807) is 31.2 Å². The van der Waals surface area contributed by atoms with Crippen molar-refractivity contribution in [1.29, 1.82) is 0 Å². The maximum absolute atomic E-state index is 11.4. The van der Waals surface area contributed by atoms with E-state index in [1.165, 1.54) is 7.11 Å². The first-order chi connectivity index (χ1) is 6.63. The first kappa shape index (κ1) is 10.5. The summed E-state index contributed by atoms with van der Waals surface area (Å²) in [4.78, 5) is 11.4. The Morgan fingerprint density at radius 3 is 2.50 bits per heavy atom. The molecule has 0 bridgehead atoms. The van der Waals surface area contributed by atoms with Crippen molar-refractivity contribution in [3.63, 3.8) is 0 Å². The summed E-state index contributed by atoms with van der Waals surface area (Å²) >= 11 is 0. The number of carbonyl (C=O) groups is 1. The zero-order chi connectivity index (χ0) is 10.6. The van der Waals surface area contributed by atoms with Crippen LogP contribution in [-0.2, 0) is 9.53 Å². The second-order valence-corrected chi connectivity index (χ2v) is 2.99. The van der Waals surface area contributed by atoms with E-state index >= 15 is 0 Å². The molecule has 76 valence electrons. The molecule has 0 radical (unpaired) electrons. The van der Waals surface area contributed by atoms with Crippen molar-refractivity contribution < 1.29 is 9.53 Å². The molecule has 0 heterocycles. The average molecular weight is 194 g/mol. The van der Waals surface area contributed by atoms with Gasteiger partial charge >= 0.3 is 0 Å². The zero-order valence-electron chi connectivity index (χ0n) is 8.28. The molecule has 14 heavy (non-hydrogen) atoms. The van der Waals surface area contributed by atoms with Crippen molar-refractivity contribution in [2.75, 3.05) is 18.2 Å². The SMILES string of the molecule is CO[C@@H](C)C(=O)Nc1ccc(N)cc1. The molecule has 1 amide bonds. The predicted molar refractivity (Wildman–Crippen MR) is 56.0 cm³/mol. The molecular formula is C10H14N2O2. The van der Waals surface area contributed by atoms with Gasteiger partial charge in [0.15, 0.2) is 0 Å². The van der Waals surface area contributed by atoms with Crippen LogP contribution in [0.15, 0.2) is 24.3 Å². The third-order valence-corrected chi connectivity index (χ3v) is 1.90. The molecule has 4 heteroatoms. The molecule has 0 unspecified atom stereocenters. The van der Waals surface area contributed by atoms with E-state index in [-0.39, 0.29) is 5.91 Å². The van der Waals surface area contributed by atoms with E-state index in [0.29, 0.717) is 11.4 Å². The van der Waals surface area contributed by atoms with Gasteiger partial charge in [-0.1, -0.05) is 0 Å². The summed E-state index contributed by atoms with van der Waals surface area (Å²) in [6.07, 6.45) is -0.451. The smallest absolute Gasteiger partial charge is 0.253 e. The number of rotatable bonds is 3. The maximum atomic E-state index is 11.4. The number of benzene rings is 1. The Morgan fingerprint density at radius 1 is 1.43 bits per heavy atom. The quantitative estimate of drug-likeness (QED) is 0.711. The van der Waals surface area contributed by atoms with Crippen LogP contribution in [-0.4, -0.2) is 19.1 Å². The van der Waals surface area contributed by atoms with Crippen molar-refractivity contribution in [2.24, 2.45) is 0 Å². The minimum absolute atomic E-state index is 0.169. The molecule has 1 rings (SSSR count). The first-order valence-electron chi connectivity index (χ1n) is 4.32. The van der Waals surface area contributed by atoms with Crippen LogP contribution in [0.25, 0.3) is 0 Å². The normalized spacial score (nSPS) is 12.1. The van der Waals surface area contributed by atoms with Gasteiger partial charge in [0, 0.05) is 18.5 Å². The molecule has 0 aliphatic carbocycles. The highest BCUT2D eigenvalue weighted by Gasteiger charge is 2.10. The van der Waals surface area contributed by atoms with Crippen molar-refractivity contribution in [3.05, 3.63) is 24.3 Å². The average Bonchev–Trinajstić information content (AvgIpc) is 2.20. The van der Waals surface area contributed by atoms with E-state index in [1.807, 2.05) is 0 Å². The molecule has 1 aromatic rings. The molecule has 4 nitrogen and oxygen atoms in total. The number of carbonyl (C=O) groups excluding carboxylic acids is 1. The van der Waals surface area contributed by atoms with Crippen LogP contribution < -0.4 is 11.1 Å². The number of anilines is 2. The summed E-state index contributed by atoms with van der Waals surface area (Å²) in [6, 6.07) is 6.95. The van der Waals surface area contributed by atoms with Crippen LogP contribution in [0.5, 0.6) is 0 Å². The van der Waals surface area contributed by atoms with Gasteiger partial charge in [-0.05, 0) is 31.2 Å². The molecule has 1 atom stereocenters. The molecule has 0 aliphatic rings. The van der Waals surface area contributed by atoms with Crippen molar-refractivity contribution in [2.45, 2.75) is 13.0 Å². The fourth-order valence-electron chi connectivity index (χ4n) is 0.917. The molecule has 0 saturated heterocycles. The second-order valence-electron chi connectivity index (χ2n) is 2.99.